The van der Waals surface area contributed by atoms with Gasteiger partial charge in [-0.25, -0.2) is 4.98 Å². The van der Waals surface area contributed by atoms with Crippen LogP contribution in [0.25, 0.3) is 0 Å². The summed E-state index contributed by atoms with van der Waals surface area (Å²) < 4.78 is 0. The first-order valence-electron chi connectivity index (χ1n) is 5.37. The predicted octanol–water partition coefficient (Wildman–Crippen LogP) is 2.05. The van der Waals surface area contributed by atoms with Gasteiger partial charge in [0.15, 0.2) is 0 Å². The van der Waals surface area contributed by atoms with Gasteiger partial charge in [0.05, 0.1) is 0 Å². The van der Waals surface area contributed by atoms with E-state index in [1.54, 1.807) is 0 Å². The zero-order chi connectivity index (χ0) is 10.7. The van der Waals surface area contributed by atoms with Gasteiger partial charge in [0, 0.05) is 5.69 Å². The molecule has 2 heteroatoms. The van der Waals surface area contributed by atoms with E-state index in [2.05, 4.69) is 16.8 Å². The number of nitrogens with zero attached hydrogens (tertiary/aromatic N) is 1. The molecular formula is C13H15NO. The molecule has 2 nitrogen and oxygen atoms in total. The van der Waals surface area contributed by atoms with E-state index in [0.717, 1.165) is 37.1 Å². The summed E-state index contributed by atoms with van der Waals surface area (Å²) in [5.74, 6) is 5.90. The first kappa shape index (κ1) is 10.2. The van der Waals surface area contributed by atoms with Gasteiger partial charge in [-0.2, -0.15) is 0 Å². The number of pyridine rings is 1. The molecule has 1 fully saturated rings. The van der Waals surface area contributed by atoms with Gasteiger partial charge in [0.1, 0.15) is 11.3 Å². The van der Waals surface area contributed by atoms with Gasteiger partial charge >= 0.3 is 0 Å². The molecule has 0 aromatic carbocycles. The van der Waals surface area contributed by atoms with Gasteiger partial charge in [0.2, 0.25) is 0 Å². The maximum absolute atomic E-state index is 10.0. The van der Waals surface area contributed by atoms with Gasteiger partial charge in [-0.3, -0.25) is 0 Å². The first-order chi connectivity index (χ1) is 7.18. The third-order valence-electron chi connectivity index (χ3n) is 2.74. The van der Waals surface area contributed by atoms with E-state index in [4.69, 9.17) is 0 Å². The van der Waals surface area contributed by atoms with Gasteiger partial charge in [-0.05, 0) is 50.7 Å². The molecule has 0 saturated heterocycles. The van der Waals surface area contributed by atoms with E-state index in [1.165, 1.54) is 0 Å². The molecule has 0 aliphatic heterocycles. The summed E-state index contributed by atoms with van der Waals surface area (Å²) in [4.78, 5) is 4.28. The van der Waals surface area contributed by atoms with Crippen LogP contribution in [0.3, 0.4) is 0 Å². The Labute approximate surface area is 90.4 Å². The van der Waals surface area contributed by atoms with E-state index < -0.39 is 5.60 Å². The lowest BCUT2D eigenvalue weighted by atomic mass is 10.0. The quantitative estimate of drug-likeness (QED) is 0.652. The molecule has 2 rings (SSSR count). The van der Waals surface area contributed by atoms with Crippen LogP contribution in [0.1, 0.15) is 37.1 Å². The fraction of sp³-hybridized carbons (Fsp3) is 0.462. The number of hydrogen-bond donors (Lipinski definition) is 1. The van der Waals surface area contributed by atoms with E-state index in [-0.39, 0.29) is 0 Å². The Morgan fingerprint density at radius 2 is 2.07 bits per heavy atom. The van der Waals surface area contributed by atoms with Crippen LogP contribution in [0.2, 0.25) is 0 Å². The molecule has 78 valence electrons. The van der Waals surface area contributed by atoms with Crippen molar-refractivity contribution in [1.82, 2.24) is 4.98 Å². The minimum Gasteiger partial charge on any atom is -0.378 e. The van der Waals surface area contributed by atoms with Gasteiger partial charge in [-0.15, -0.1) is 0 Å². The molecule has 1 N–H and O–H groups in total. The molecular weight excluding hydrogens is 186 g/mol. The summed E-state index contributed by atoms with van der Waals surface area (Å²) >= 11 is 0. The summed E-state index contributed by atoms with van der Waals surface area (Å²) in [7, 11) is 0. The lowest BCUT2D eigenvalue weighted by Crippen LogP contribution is -2.20. The third-order valence-corrected chi connectivity index (χ3v) is 2.74. The van der Waals surface area contributed by atoms with Gasteiger partial charge in [-0.1, -0.05) is 12.0 Å². The fourth-order valence-corrected chi connectivity index (χ4v) is 1.88. The van der Waals surface area contributed by atoms with Crippen molar-refractivity contribution in [2.24, 2.45) is 0 Å². The number of aryl methyl sites for hydroxylation is 1. The third kappa shape index (κ3) is 2.57. The highest BCUT2D eigenvalue weighted by Gasteiger charge is 2.28. The summed E-state index contributed by atoms with van der Waals surface area (Å²) in [6.45, 7) is 1.94. The highest BCUT2D eigenvalue weighted by Crippen LogP contribution is 2.28. The van der Waals surface area contributed by atoms with E-state index in [0.29, 0.717) is 0 Å². The monoisotopic (exact) mass is 201 g/mol. The Morgan fingerprint density at radius 3 is 2.73 bits per heavy atom. The minimum atomic E-state index is -0.759. The average molecular weight is 201 g/mol. The Bertz CT molecular complexity index is 408. The van der Waals surface area contributed by atoms with Crippen LogP contribution >= 0.6 is 0 Å². The summed E-state index contributed by atoms with van der Waals surface area (Å²) in [6, 6.07) is 5.75. The molecule has 0 amide bonds. The molecule has 1 aromatic rings. The van der Waals surface area contributed by atoms with E-state index in [1.807, 2.05) is 25.1 Å². The number of aliphatic hydroxyl groups is 1. The predicted molar refractivity (Wildman–Crippen MR) is 59.3 cm³/mol. The van der Waals surface area contributed by atoms with Crippen LogP contribution in [0.4, 0.5) is 0 Å². The second-order valence-electron chi connectivity index (χ2n) is 4.15. The lowest BCUT2D eigenvalue weighted by Gasteiger charge is -2.12. The molecule has 0 bridgehead atoms. The van der Waals surface area contributed by atoms with E-state index >= 15 is 0 Å². The first-order valence-corrected chi connectivity index (χ1v) is 5.37. The maximum Gasteiger partial charge on any atom is 0.125 e. The molecule has 1 aliphatic rings. The van der Waals surface area contributed by atoms with Crippen molar-refractivity contribution >= 4 is 0 Å². The maximum atomic E-state index is 10.0. The van der Waals surface area contributed by atoms with Crippen molar-refractivity contribution in [2.75, 3.05) is 0 Å². The second-order valence-corrected chi connectivity index (χ2v) is 4.15. The van der Waals surface area contributed by atoms with Gasteiger partial charge < -0.3 is 5.11 Å². The van der Waals surface area contributed by atoms with Crippen LogP contribution in [0.5, 0.6) is 0 Å². The molecule has 0 unspecified atom stereocenters. The molecule has 1 aliphatic carbocycles. The Hall–Kier alpha value is -1.33. The van der Waals surface area contributed by atoms with Crippen molar-refractivity contribution in [3.63, 3.8) is 0 Å². The van der Waals surface area contributed by atoms with Crippen molar-refractivity contribution in [2.45, 2.75) is 38.2 Å². The average Bonchev–Trinajstić information content (AvgIpc) is 2.63. The molecule has 1 aromatic heterocycles. The van der Waals surface area contributed by atoms with Crippen LogP contribution < -0.4 is 0 Å². The van der Waals surface area contributed by atoms with Gasteiger partial charge in [0.25, 0.3) is 0 Å². The summed E-state index contributed by atoms with van der Waals surface area (Å²) in [5.41, 5.74) is 0.946. The van der Waals surface area contributed by atoms with Crippen LogP contribution in [0, 0.1) is 18.8 Å². The number of aromatic nitrogens is 1. The highest BCUT2D eigenvalue weighted by molar-refractivity contribution is 5.31. The lowest BCUT2D eigenvalue weighted by molar-refractivity contribution is 0.110. The topological polar surface area (TPSA) is 33.1 Å². The minimum absolute atomic E-state index is 0.746. The standard InChI is InChI=1S/C13H15NO/c1-11-5-4-6-12(14-11)7-10-13(15)8-2-3-9-13/h4-6,15H,2-3,8-9H2,1H3. The molecule has 1 heterocycles. The molecule has 15 heavy (non-hydrogen) atoms. The van der Waals surface area contributed by atoms with Crippen molar-refractivity contribution < 1.29 is 5.11 Å². The largest absolute Gasteiger partial charge is 0.378 e. The van der Waals surface area contributed by atoms with Crippen LogP contribution in [0.15, 0.2) is 18.2 Å². The van der Waals surface area contributed by atoms with Crippen molar-refractivity contribution in [3.05, 3.63) is 29.6 Å². The van der Waals surface area contributed by atoms with Crippen molar-refractivity contribution in [1.29, 1.82) is 0 Å². The molecule has 0 atom stereocenters. The summed E-state index contributed by atoms with van der Waals surface area (Å²) in [5, 5.41) is 10.0. The van der Waals surface area contributed by atoms with Crippen LogP contribution in [-0.4, -0.2) is 15.7 Å². The molecule has 0 radical (unpaired) electrons. The highest BCUT2D eigenvalue weighted by atomic mass is 16.3. The van der Waals surface area contributed by atoms with E-state index in [9.17, 15) is 5.11 Å². The molecule has 0 spiro atoms. The summed E-state index contributed by atoms with van der Waals surface area (Å²) in [6.07, 6.45) is 3.75. The number of hydrogen-bond acceptors (Lipinski definition) is 2. The zero-order valence-electron chi connectivity index (χ0n) is 8.95. The Balaban J connectivity index is 2.17. The fourth-order valence-electron chi connectivity index (χ4n) is 1.88. The zero-order valence-corrected chi connectivity index (χ0v) is 8.95. The van der Waals surface area contributed by atoms with Crippen LogP contribution in [-0.2, 0) is 0 Å². The number of rotatable bonds is 0. The Kier molecular flexibility index (Phi) is 2.75. The second kappa shape index (κ2) is 4.04. The smallest absolute Gasteiger partial charge is 0.125 e. The van der Waals surface area contributed by atoms with Crippen molar-refractivity contribution in [3.8, 4) is 11.8 Å². The SMILES string of the molecule is Cc1cccc(C#CC2(O)CCCC2)n1. The Morgan fingerprint density at radius 1 is 1.33 bits per heavy atom. The molecule has 1 saturated carbocycles. The normalized spacial score (nSPS) is 18.3.